The smallest absolute Gasteiger partial charge is 0.254 e. The van der Waals surface area contributed by atoms with E-state index >= 15 is 0 Å². The largest absolute Gasteiger partial charge is 0.497 e. The van der Waals surface area contributed by atoms with Crippen molar-refractivity contribution in [3.63, 3.8) is 0 Å². The number of nitrogens with zero attached hydrogens (tertiary/aromatic N) is 4. The van der Waals surface area contributed by atoms with Crippen LogP contribution in [-0.4, -0.2) is 76.0 Å². The van der Waals surface area contributed by atoms with Crippen LogP contribution in [-0.2, 0) is 6.54 Å². The molecule has 1 fully saturated rings. The molecule has 1 aliphatic rings. The first-order valence-electron chi connectivity index (χ1n) is 8.95. The first-order chi connectivity index (χ1) is 12.6. The molecule has 0 unspecified atom stereocenters. The Hall–Kier alpha value is -2.38. The molecule has 0 radical (unpaired) electrons. The molecule has 0 spiro atoms. The van der Waals surface area contributed by atoms with E-state index in [-0.39, 0.29) is 11.9 Å². The van der Waals surface area contributed by atoms with Crippen molar-refractivity contribution in [2.45, 2.75) is 25.6 Å². The fraction of sp³-hybridized carbons (Fsp3) is 0.474. The van der Waals surface area contributed by atoms with Gasteiger partial charge in [-0.2, -0.15) is 5.10 Å². The molecule has 1 aliphatic heterocycles. The van der Waals surface area contributed by atoms with Crippen molar-refractivity contribution in [2.24, 2.45) is 0 Å². The minimum absolute atomic E-state index is 0.0576. The predicted molar refractivity (Wildman–Crippen MR) is 98.2 cm³/mol. The van der Waals surface area contributed by atoms with E-state index in [1.165, 1.54) is 0 Å². The summed E-state index contributed by atoms with van der Waals surface area (Å²) in [5.41, 5.74) is 0.609. The quantitative estimate of drug-likeness (QED) is 0.803. The maximum Gasteiger partial charge on any atom is 0.254 e. The minimum Gasteiger partial charge on any atom is -0.497 e. The molecule has 1 aromatic carbocycles. The second-order valence-electron chi connectivity index (χ2n) is 6.47. The van der Waals surface area contributed by atoms with Crippen LogP contribution in [0.25, 0.3) is 0 Å². The van der Waals surface area contributed by atoms with Crippen molar-refractivity contribution in [3.8, 4) is 5.75 Å². The maximum absolute atomic E-state index is 12.7. The SMILES string of the molecule is CCN(CCn1cccn1)[C@H]1CN(C(=O)c2ccc(OC)cc2)C[C@@H]1O. The van der Waals surface area contributed by atoms with Crippen molar-refractivity contribution in [1.82, 2.24) is 19.6 Å². The zero-order chi connectivity index (χ0) is 18.5. The molecule has 26 heavy (non-hydrogen) atoms. The van der Waals surface area contributed by atoms with Crippen molar-refractivity contribution in [2.75, 3.05) is 33.3 Å². The average Bonchev–Trinajstić information content (AvgIpc) is 3.32. The second-order valence-corrected chi connectivity index (χ2v) is 6.47. The summed E-state index contributed by atoms with van der Waals surface area (Å²) < 4.78 is 7.01. The highest BCUT2D eigenvalue weighted by Crippen LogP contribution is 2.20. The topological polar surface area (TPSA) is 70.8 Å². The lowest BCUT2D eigenvalue weighted by Crippen LogP contribution is -2.44. The van der Waals surface area contributed by atoms with Crippen LogP contribution in [0.15, 0.2) is 42.7 Å². The predicted octanol–water partition coefficient (Wildman–Crippen LogP) is 1.10. The zero-order valence-corrected chi connectivity index (χ0v) is 15.3. The third-order valence-corrected chi connectivity index (χ3v) is 4.93. The van der Waals surface area contributed by atoms with Crippen LogP contribution >= 0.6 is 0 Å². The molecular weight excluding hydrogens is 332 g/mol. The molecule has 7 heteroatoms. The number of ether oxygens (including phenoxy) is 1. The summed E-state index contributed by atoms with van der Waals surface area (Å²) >= 11 is 0. The third-order valence-electron chi connectivity index (χ3n) is 4.93. The minimum atomic E-state index is -0.547. The van der Waals surface area contributed by atoms with Crippen molar-refractivity contribution in [1.29, 1.82) is 0 Å². The lowest BCUT2D eigenvalue weighted by atomic mass is 10.2. The number of hydrogen-bond acceptors (Lipinski definition) is 5. The fourth-order valence-electron chi connectivity index (χ4n) is 3.43. The number of benzene rings is 1. The highest BCUT2D eigenvalue weighted by molar-refractivity contribution is 5.94. The van der Waals surface area contributed by atoms with Gasteiger partial charge in [-0.25, -0.2) is 0 Å². The van der Waals surface area contributed by atoms with E-state index in [4.69, 9.17) is 4.74 Å². The number of likely N-dealkylation sites (tertiary alicyclic amines) is 1. The number of likely N-dealkylation sites (N-methyl/N-ethyl adjacent to an activating group) is 1. The van der Waals surface area contributed by atoms with Crippen LogP contribution in [0.3, 0.4) is 0 Å². The molecule has 2 heterocycles. The van der Waals surface area contributed by atoms with Crippen LogP contribution in [0.5, 0.6) is 5.75 Å². The van der Waals surface area contributed by atoms with E-state index < -0.39 is 6.10 Å². The summed E-state index contributed by atoms with van der Waals surface area (Å²) in [5.74, 6) is 0.661. The standard InChI is InChI=1S/C19H26N4O3/c1-3-21(11-12-23-10-4-9-20-23)17-13-22(14-18(17)24)19(25)15-5-7-16(26-2)8-6-15/h4-10,17-18,24H,3,11-14H2,1-2H3/t17-,18-/m0/s1. The average molecular weight is 358 g/mol. The van der Waals surface area contributed by atoms with E-state index in [0.717, 1.165) is 25.4 Å². The summed E-state index contributed by atoms with van der Waals surface area (Å²) in [7, 11) is 1.60. The Morgan fingerprint density at radius 1 is 1.35 bits per heavy atom. The number of carbonyl (C=O) groups is 1. The summed E-state index contributed by atoms with van der Waals surface area (Å²) in [6.45, 7) is 5.31. The Bertz CT molecular complexity index is 702. The highest BCUT2D eigenvalue weighted by atomic mass is 16.5. The zero-order valence-electron chi connectivity index (χ0n) is 15.3. The van der Waals surface area contributed by atoms with Crippen LogP contribution in [0.1, 0.15) is 17.3 Å². The lowest BCUT2D eigenvalue weighted by molar-refractivity contribution is 0.0759. The number of aliphatic hydroxyl groups is 1. The second kappa shape index (κ2) is 8.33. The molecule has 7 nitrogen and oxygen atoms in total. The van der Waals surface area contributed by atoms with Gasteiger partial charge in [0.05, 0.1) is 25.8 Å². The molecule has 1 N–H and O–H groups in total. The van der Waals surface area contributed by atoms with Gasteiger partial charge < -0.3 is 14.7 Å². The number of aliphatic hydroxyl groups excluding tert-OH is 1. The number of carbonyl (C=O) groups excluding carboxylic acids is 1. The van der Waals surface area contributed by atoms with Gasteiger partial charge >= 0.3 is 0 Å². The maximum atomic E-state index is 12.7. The van der Waals surface area contributed by atoms with E-state index in [0.29, 0.717) is 18.7 Å². The van der Waals surface area contributed by atoms with E-state index in [1.807, 2.05) is 16.9 Å². The Morgan fingerprint density at radius 3 is 2.73 bits per heavy atom. The van der Waals surface area contributed by atoms with Crippen molar-refractivity contribution in [3.05, 3.63) is 48.3 Å². The monoisotopic (exact) mass is 358 g/mol. The molecule has 1 amide bonds. The van der Waals surface area contributed by atoms with E-state index in [9.17, 15) is 9.90 Å². The number of methoxy groups -OCH3 is 1. The molecule has 2 aromatic rings. The number of hydrogen-bond donors (Lipinski definition) is 1. The first kappa shape index (κ1) is 18.4. The fourth-order valence-corrected chi connectivity index (χ4v) is 3.43. The van der Waals surface area contributed by atoms with Gasteiger partial charge in [-0.3, -0.25) is 14.4 Å². The summed E-state index contributed by atoms with van der Waals surface area (Å²) in [4.78, 5) is 16.7. The Labute approximate surface area is 153 Å². The van der Waals surface area contributed by atoms with Crippen LogP contribution < -0.4 is 4.74 Å². The summed E-state index contributed by atoms with van der Waals surface area (Å²) in [5, 5.41) is 14.7. The van der Waals surface area contributed by atoms with Crippen LogP contribution in [0, 0.1) is 0 Å². The normalized spacial score (nSPS) is 19.9. The van der Waals surface area contributed by atoms with Gasteiger partial charge in [0.15, 0.2) is 0 Å². The van der Waals surface area contributed by atoms with Gasteiger partial charge in [0, 0.05) is 37.6 Å². The van der Waals surface area contributed by atoms with Crippen molar-refractivity contribution < 1.29 is 14.6 Å². The molecule has 3 rings (SSSR count). The first-order valence-corrected chi connectivity index (χ1v) is 8.95. The van der Waals surface area contributed by atoms with Gasteiger partial charge in [-0.15, -0.1) is 0 Å². The molecule has 1 saturated heterocycles. The third kappa shape index (κ3) is 4.05. The molecular formula is C19H26N4O3. The van der Waals surface area contributed by atoms with Gasteiger partial charge in [0.1, 0.15) is 5.75 Å². The molecule has 2 atom stereocenters. The number of aromatic nitrogens is 2. The summed E-state index contributed by atoms with van der Waals surface area (Å²) in [6.07, 6.45) is 3.14. The molecule has 140 valence electrons. The number of amides is 1. The molecule has 0 aliphatic carbocycles. The van der Waals surface area contributed by atoms with Gasteiger partial charge in [0.2, 0.25) is 0 Å². The Morgan fingerprint density at radius 2 is 2.12 bits per heavy atom. The number of β-amino-alcohol motifs (C(OH)–C–C–N with tert-alkyl or cyclic N) is 1. The van der Waals surface area contributed by atoms with Gasteiger partial charge in [-0.1, -0.05) is 6.92 Å². The van der Waals surface area contributed by atoms with Gasteiger partial charge in [-0.05, 0) is 36.9 Å². The van der Waals surface area contributed by atoms with E-state index in [2.05, 4.69) is 16.9 Å². The van der Waals surface area contributed by atoms with Crippen LogP contribution in [0.2, 0.25) is 0 Å². The van der Waals surface area contributed by atoms with Gasteiger partial charge in [0.25, 0.3) is 5.91 Å². The van der Waals surface area contributed by atoms with Crippen LogP contribution in [0.4, 0.5) is 0 Å². The summed E-state index contributed by atoms with van der Waals surface area (Å²) in [6, 6.07) is 8.92. The Kier molecular flexibility index (Phi) is 5.90. The Balaban J connectivity index is 1.62. The molecule has 1 aromatic heterocycles. The molecule has 0 bridgehead atoms. The van der Waals surface area contributed by atoms with Crippen molar-refractivity contribution >= 4 is 5.91 Å². The number of rotatable bonds is 7. The highest BCUT2D eigenvalue weighted by Gasteiger charge is 2.37. The lowest BCUT2D eigenvalue weighted by Gasteiger charge is -2.29. The van der Waals surface area contributed by atoms with E-state index in [1.54, 1.807) is 42.5 Å². The molecule has 0 saturated carbocycles.